The summed E-state index contributed by atoms with van der Waals surface area (Å²) in [5.41, 5.74) is -2.24. The zero-order valence-electron chi connectivity index (χ0n) is 26.8. The van der Waals surface area contributed by atoms with E-state index in [1.165, 1.54) is 0 Å². The Bertz CT molecular complexity index is 1130. The monoisotopic (exact) mass is 642 g/mol. The molecule has 258 valence electrons. The van der Waals surface area contributed by atoms with E-state index in [1.807, 2.05) is 13.8 Å². The SMILES string of the molecule is C[C@H]1CO[C@]2(C[C@@H]1O[C@@H]1O[C@H](CO)[C@@H](O)[C@H](O)[C@H]1O)O[C@H]1C[C@H]3[C@@H]4C[C@@H](O)[C@@]5(O)C[C@@H](O)[C@H](O)C[C@]5(C)[C@H]4CC[C@]3(C)[C@H]1[C@@H]2C. The lowest BCUT2D eigenvalue weighted by Crippen LogP contribution is -2.70. The first-order valence-electron chi connectivity index (χ1n) is 17.1. The van der Waals surface area contributed by atoms with Crippen LogP contribution in [0.4, 0.5) is 0 Å². The Balaban J connectivity index is 1.10. The summed E-state index contributed by atoms with van der Waals surface area (Å²) in [6, 6.07) is 0. The maximum Gasteiger partial charge on any atom is 0.186 e. The summed E-state index contributed by atoms with van der Waals surface area (Å²) in [5, 5.41) is 85.1. The third kappa shape index (κ3) is 4.54. The first-order chi connectivity index (χ1) is 21.1. The lowest BCUT2D eigenvalue weighted by Gasteiger charge is -2.66. The van der Waals surface area contributed by atoms with Gasteiger partial charge in [-0.1, -0.05) is 27.7 Å². The number of hydrogen-bond donors (Lipinski definition) is 8. The zero-order valence-corrected chi connectivity index (χ0v) is 26.8. The summed E-state index contributed by atoms with van der Waals surface area (Å²) >= 11 is 0. The molecule has 0 bridgehead atoms. The van der Waals surface area contributed by atoms with E-state index in [0.717, 1.165) is 19.3 Å². The lowest BCUT2D eigenvalue weighted by molar-refractivity contribution is -0.344. The van der Waals surface area contributed by atoms with E-state index >= 15 is 0 Å². The Labute approximate surface area is 264 Å². The Kier molecular flexibility index (Phi) is 8.09. The van der Waals surface area contributed by atoms with E-state index in [2.05, 4.69) is 13.8 Å². The van der Waals surface area contributed by atoms with Gasteiger partial charge >= 0.3 is 0 Å². The summed E-state index contributed by atoms with van der Waals surface area (Å²) in [6.45, 7) is 8.36. The minimum atomic E-state index is -1.52. The number of ether oxygens (including phenoxy) is 4. The normalized spacial score (nSPS) is 62.7. The Morgan fingerprint density at radius 3 is 2.29 bits per heavy atom. The molecule has 0 unspecified atom stereocenters. The molecular formula is C33H54O12. The van der Waals surface area contributed by atoms with Crippen molar-refractivity contribution in [3.8, 4) is 0 Å². The highest BCUT2D eigenvalue weighted by Gasteiger charge is 2.73. The van der Waals surface area contributed by atoms with Gasteiger partial charge in [-0.15, -0.1) is 0 Å². The summed E-state index contributed by atoms with van der Waals surface area (Å²) in [5.74, 6) is -0.256. The first-order valence-corrected chi connectivity index (χ1v) is 17.1. The van der Waals surface area contributed by atoms with Gasteiger partial charge in [0.05, 0.1) is 49.3 Å². The maximum absolute atomic E-state index is 11.8. The molecule has 0 amide bonds. The summed E-state index contributed by atoms with van der Waals surface area (Å²) in [4.78, 5) is 0. The highest BCUT2D eigenvalue weighted by Crippen LogP contribution is 2.72. The molecular weight excluding hydrogens is 588 g/mol. The van der Waals surface area contributed by atoms with Gasteiger partial charge in [0.25, 0.3) is 0 Å². The molecule has 3 aliphatic heterocycles. The van der Waals surface area contributed by atoms with Crippen molar-refractivity contribution in [2.75, 3.05) is 13.2 Å². The Morgan fingerprint density at radius 1 is 0.867 bits per heavy atom. The van der Waals surface area contributed by atoms with Crippen molar-refractivity contribution in [2.45, 2.75) is 145 Å². The average molecular weight is 643 g/mol. The fraction of sp³-hybridized carbons (Fsp3) is 1.00. The van der Waals surface area contributed by atoms with Gasteiger partial charge in [-0.3, -0.25) is 0 Å². The molecule has 4 aliphatic carbocycles. The number of rotatable bonds is 3. The molecule has 1 spiro atoms. The van der Waals surface area contributed by atoms with Crippen LogP contribution < -0.4 is 0 Å². The molecule has 7 aliphatic rings. The van der Waals surface area contributed by atoms with Gasteiger partial charge in [0, 0.05) is 30.1 Å². The third-order valence-corrected chi connectivity index (χ3v) is 14.4. The van der Waals surface area contributed by atoms with E-state index in [-0.39, 0.29) is 59.9 Å². The van der Waals surface area contributed by atoms with E-state index in [0.29, 0.717) is 19.4 Å². The van der Waals surface area contributed by atoms with Crippen molar-refractivity contribution in [1.29, 1.82) is 0 Å². The van der Waals surface area contributed by atoms with E-state index in [9.17, 15) is 40.9 Å². The van der Waals surface area contributed by atoms with Crippen molar-refractivity contribution in [2.24, 2.45) is 46.3 Å². The van der Waals surface area contributed by atoms with Crippen LogP contribution >= 0.6 is 0 Å². The second kappa shape index (κ2) is 11.0. The minimum absolute atomic E-state index is 0.00938. The van der Waals surface area contributed by atoms with Gasteiger partial charge in [-0.2, -0.15) is 0 Å². The second-order valence-electron chi connectivity index (χ2n) is 16.4. The number of fused-ring (bicyclic) bond motifs is 7. The fourth-order valence-electron chi connectivity index (χ4n) is 11.8. The highest BCUT2D eigenvalue weighted by atomic mass is 16.7. The van der Waals surface area contributed by atoms with Gasteiger partial charge in [0.1, 0.15) is 24.4 Å². The molecule has 0 radical (unpaired) electrons. The van der Waals surface area contributed by atoms with E-state index in [4.69, 9.17) is 18.9 Å². The number of aliphatic hydroxyl groups excluding tert-OH is 7. The summed E-state index contributed by atoms with van der Waals surface area (Å²) < 4.78 is 25.4. The molecule has 7 fully saturated rings. The molecule has 12 heteroatoms. The largest absolute Gasteiger partial charge is 0.394 e. The van der Waals surface area contributed by atoms with Crippen LogP contribution in [0.3, 0.4) is 0 Å². The molecule has 0 aromatic heterocycles. The summed E-state index contributed by atoms with van der Waals surface area (Å²) in [7, 11) is 0. The molecule has 0 aromatic rings. The number of aliphatic hydroxyl groups is 8. The average Bonchev–Trinajstić information content (AvgIpc) is 3.43. The van der Waals surface area contributed by atoms with Crippen LogP contribution in [0.2, 0.25) is 0 Å². The van der Waals surface area contributed by atoms with E-state index in [1.54, 1.807) is 0 Å². The van der Waals surface area contributed by atoms with Gasteiger partial charge < -0.3 is 59.8 Å². The predicted octanol–water partition coefficient (Wildman–Crippen LogP) is -0.355. The van der Waals surface area contributed by atoms with Gasteiger partial charge in [0.2, 0.25) is 0 Å². The van der Waals surface area contributed by atoms with Crippen molar-refractivity contribution in [3.63, 3.8) is 0 Å². The molecule has 4 saturated carbocycles. The standard InChI is InChI=1S/C33H54O12/c1-14-13-42-33(11-22(14)43-29-28(40)27(39)26(38)23(12-34)44-29)15(2)25-21(45-33)8-18-16-7-24(37)32(41)10-20(36)19(35)9-31(32,4)17(16)5-6-30(18,25)3/h14-29,34-41H,5-13H2,1-4H3/t14-,15-,16+,17-,18-,19+,20+,21-,22-,23+,24+,25-,26+,27-,28+,29+,30-,31+,32-,33+/m0/s1. The highest BCUT2D eigenvalue weighted by molar-refractivity contribution is 5.20. The molecule has 45 heavy (non-hydrogen) atoms. The Hall–Kier alpha value is -0.480. The van der Waals surface area contributed by atoms with E-state index < -0.39 is 78.5 Å². The molecule has 3 heterocycles. The first kappa shape index (κ1) is 33.0. The fourth-order valence-corrected chi connectivity index (χ4v) is 11.8. The number of hydrogen-bond acceptors (Lipinski definition) is 12. The van der Waals surface area contributed by atoms with Crippen LogP contribution in [0.1, 0.15) is 72.6 Å². The molecule has 8 N–H and O–H groups in total. The molecule has 12 nitrogen and oxygen atoms in total. The predicted molar refractivity (Wildman–Crippen MR) is 156 cm³/mol. The van der Waals surface area contributed by atoms with Crippen molar-refractivity contribution in [1.82, 2.24) is 0 Å². The smallest absolute Gasteiger partial charge is 0.186 e. The van der Waals surface area contributed by atoms with Crippen LogP contribution in [-0.4, -0.2) is 127 Å². The van der Waals surface area contributed by atoms with Crippen LogP contribution in [-0.2, 0) is 18.9 Å². The van der Waals surface area contributed by atoms with Crippen molar-refractivity contribution < 1.29 is 59.8 Å². The second-order valence-corrected chi connectivity index (χ2v) is 16.4. The van der Waals surface area contributed by atoms with Crippen molar-refractivity contribution in [3.05, 3.63) is 0 Å². The molecule has 20 atom stereocenters. The quantitative estimate of drug-likeness (QED) is 0.199. The molecule has 7 rings (SSSR count). The third-order valence-electron chi connectivity index (χ3n) is 14.4. The zero-order chi connectivity index (χ0) is 32.4. The van der Waals surface area contributed by atoms with Gasteiger partial charge in [0.15, 0.2) is 12.1 Å². The molecule has 0 aromatic carbocycles. The van der Waals surface area contributed by atoms with Crippen molar-refractivity contribution >= 4 is 0 Å². The van der Waals surface area contributed by atoms with Crippen LogP contribution in [0.5, 0.6) is 0 Å². The summed E-state index contributed by atoms with van der Waals surface area (Å²) in [6.07, 6.45) is -6.52. The van der Waals surface area contributed by atoms with Crippen LogP contribution in [0, 0.1) is 46.3 Å². The van der Waals surface area contributed by atoms with Gasteiger partial charge in [-0.25, -0.2) is 0 Å². The Morgan fingerprint density at radius 2 is 1.58 bits per heavy atom. The maximum atomic E-state index is 11.8. The van der Waals surface area contributed by atoms with Gasteiger partial charge in [-0.05, 0) is 61.2 Å². The van der Waals surface area contributed by atoms with Crippen LogP contribution in [0.25, 0.3) is 0 Å². The molecule has 3 saturated heterocycles. The lowest BCUT2D eigenvalue weighted by atomic mass is 9.42. The van der Waals surface area contributed by atoms with Crippen LogP contribution in [0.15, 0.2) is 0 Å². The minimum Gasteiger partial charge on any atom is -0.394 e. The topological polar surface area (TPSA) is 199 Å².